The summed E-state index contributed by atoms with van der Waals surface area (Å²) in [4.78, 5) is 6.74. The Bertz CT molecular complexity index is 631. The number of pyridine rings is 1. The normalized spacial score (nSPS) is 21.8. The molecule has 0 aliphatic carbocycles. The molecule has 27 heavy (non-hydrogen) atoms. The van der Waals surface area contributed by atoms with Crippen LogP contribution in [0.15, 0.2) is 24.5 Å². The van der Waals surface area contributed by atoms with Crippen molar-refractivity contribution in [3.05, 3.63) is 30.1 Å². The molecule has 0 saturated carbocycles. The highest BCUT2D eigenvalue weighted by atomic mass is 16.5. The number of hydrogen-bond donors (Lipinski definition) is 1. The van der Waals surface area contributed by atoms with Crippen LogP contribution in [0.3, 0.4) is 0 Å². The molecule has 2 heterocycles. The molecular weight excluding hydrogens is 336 g/mol. The summed E-state index contributed by atoms with van der Waals surface area (Å²) < 4.78 is 5.45. The highest BCUT2D eigenvalue weighted by Crippen LogP contribution is 2.32. The van der Waals surface area contributed by atoms with E-state index >= 15 is 0 Å². The minimum atomic E-state index is -0.961. The van der Waals surface area contributed by atoms with Gasteiger partial charge in [0.15, 0.2) is 0 Å². The topological polar surface area (TPSA) is 45.6 Å². The molecule has 0 bridgehead atoms. The van der Waals surface area contributed by atoms with Crippen LogP contribution < -0.4 is 0 Å². The Hall–Kier alpha value is -1.41. The molecule has 1 aliphatic heterocycles. The smallest absolute Gasteiger partial charge is 0.122 e. The quantitative estimate of drug-likeness (QED) is 0.723. The molecule has 1 saturated heterocycles. The van der Waals surface area contributed by atoms with Gasteiger partial charge in [-0.1, -0.05) is 24.3 Å². The molecule has 4 heteroatoms. The largest absolute Gasteiger partial charge is 0.379 e. The van der Waals surface area contributed by atoms with Crippen molar-refractivity contribution in [3.8, 4) is 11.8 Å². The third-order valence-corrected chi connectivity index (χ3v) is 5.66. The van der Waals surface area contributed by atoms with E-state index < -0.39 is 5.60 Å². The molecule has 1 N–H and O–H groups in total. The van der Waals surface area contributed by atoms with Gasteiger partial charge in [0.05, 0.1) is 11.6 Å². The predicted molar refractivity (Wildman–Crippen MR) is 110 cm³/mol. The predicted octanol–water partition coefficient (Wildman–Crippen LogP) is 4.35. The monoisotopic (exact) mass is 372 g/mol. The third-order valence-electron chi connectivity index (χ3n) is 5.66. The highest BCUT2D eigenvalue weighted by molar-refractivity contribution is 5.20. The van der Waals surface area contributed by atoms with Gasteiger partial charge in [-0.15, -0.1) is 0 Å². The summed E-state index contributed by atoms with van der Waals surface area (Å²) in [6.45, 7) is 9.15. The zero-order valence-corrected chi connectivity index (χ0v) is 17.7. The Kier molecular flexibility index (Phi) is 7.85. The average Bonchev–Trinajstić information content (AvgIpc) is 2.66. The van der Waals surface area contributed by atoms with E-state index in [0.717, 1.165) is 25.8 Å². The van der Waals surface area contributed by atoms with Crippen LogP contribution in [-0.2, 0) is 4.74 Å². The van der Waals surface area contributed by atoms with Gasteiger partial charge in [-0.25, -0.2) is 0 Å². The third kappa shape index (κ3) is 6.92. The minimum Gasteiger partial charge on any atom is -0.379 e. The second-order valence-corrected chi connectivity index (χ2v) is 8.57. The summed E-state index contributed by atoms with van der Waals surface area (Å²) in [6, 6.07) is 4.64. The highest BCUT2D eigenvalue weighted by Gasteiger charge is 2.27. The Morgan fingerprint density at radius 1 is 1.33 bits per heavy atom. The Morgan fingerprint density at radius 3 is 2.78 bits per heavy atom. The zero-order chi connectivity index (χ0) is 19.9. The van der Waals surface area contributed by atoms with E-state index in [9.17, 15) is 5.11 Å². The maximum atomic E-state index is 10.7. The molecule has 0 aromatic carbocycles. The molecule has 0 radical (unpaired) electrons. The van der Waals surface area contributed by atoms with E-state index in [2.05, 4.69) is 48.6 Å². The maximum absolute atomic E-state index is 10.7. The van der Waals surface area contributed by atoms with Crippen molar-refractivity contribution in [2.75, 3.05) is 13.7 Å². The van der Waals surface area contributed by atoms with Crippen LogP contribution in [0.4, 0.5) is 0 Å². The summed E-state index contributed by atoms with van der Waals surface area (Å²) in [5.74, 6) is 6.47. The Morgan fingerprint density at radius 2 is 2.11 bits per heavy atom. The van der Waals surface area contributed by atoms with E-state index in [1.807, 2.05) is 25.4 Å². The number of rotatable bonds is 7. The molecule has 2 rings (SSSR count). The van der Waals surface area contributed by atoms with E-state index in [4.69, 9.17) is 4.74 Å². The number of likely N-dealkylation sites (tertiary alicyclic amines) is 1. The van der Waals surface area contributed by atoms with Crippen molar-refractivity contribution in [3.63, 3.8) is 0 Å². The van der Waals surface area contributed by atoms with Crippen LogP contribution in [0.2, 0.25) is 0 Å². The number of hydrogen-bond acceptors (Lipinski definition) is 4. The Balaban J connectivity index is 1.99. The molecule has 3 atom stereocenters. The molecule has 1 aromatic heterocycles. The lowest BCUT2D eigenvalue weighted by atomic mass is 9.93. The summed E-state index contributed by atoms with van der Waals surface area (Å²) in [5, 5.41) is 10.7. The SMILES string of the molecule is COC(C)(C)CCC[C@](C)(O)C#C[C@@H](C)N1CCCC[C@H]1c1cccnc1. The van der Waals surface area contributed by atoms with E-state index in [1.54, 1.807) is 7.11 Å². The van der Waals surface area contributed by atoms with Gasteiger partial charge in [-0.2, -0.15) is 0 Å². The number of aromatic nitrogens is 1. The molecule has 0 unspecified atom stereocenters. The minimum absolute atomic E-state index is 0.109. The van der Waals surface area contributed by atoms with Crippen LogP contribution in [0.25, 0.3) is 0 Å². The van der Waals surface area contributed by atoms with Crippen molar-refractivity contribution in [2.45, 2.75) is 89.5 Å². The van der Waals surface area contributed by atoms with E-state index in [1.165, 1.54) is 18.4 Å². The summed E-state index contributed by atoms with van der Waals surface area (Å²) >= 11 is 0. The van der Waals surface area contributed by atoms with Gasteiger partial charge in [0.2, 0.25) is 0 Å². The fourth-order valence-electron chi connectivity index (χ4n) is 3.71. The van der Waals surface area contributed by atoms with Gasteiger partial charge >= 0.3 is 0 Å². The van der Waals surface area contributed by atoms with Crippen molar-refractivity contribution in [2.24, 2.45) is 0 Å². The lowest BCUT2D eigenvalue weighted by Gasteiger charge is -2.38. The summed E-state index contributed by atoms with van der Waals surface area (Å²) in [7, 11) is 1.73. The van der Waals surface area contributed by atoms with Gasteiger partial charge < -0.3 is 9.84 Å². The second kappa shape index (κ2) is 9.68. The van der Waals surface area contributed by atoms with Crippen LogP contribution in [0.5, 0.6) is 0 Å². The lowest BCUT2D eigenvalue weighted by Crippen LogP contribution is -2.39. The molecule has 1 aliphatic rings. The number of piperidine rings is 1. The van der Waals surface area contributed by atoms with Crippen LogP contribution >= 0.6 is 0 Å². The fourth-order valence-corrected chi connectivity index (χ4v) is 3.71. The van der Waals surface area contributed by atoms with Crippen LogP contribution in [0.1, 0.15) is 77.8 Å². The molecule has 1 fully saturated rings. The maximum Gasteiger partial charge on any atom is 0.122 e. The fraction of sp³-hybridized carbons (Fsp3) is 0.696. The number of aliphatic hydroxyl groups is 1. The Labute approximate surface area is 165 Å². The first-order valence-electron chi connectivity index (χ1n) is 10.2. The number of methoxy groups -OCH3 is 1. The average molecular weight is 373 g/mol. The molecule has 1 aromatic rings. The van der Waals surface area contributed by atoms with E-state index in [-0.39, 0.29) is 11.6 Å². The van der Waals surface area contributed by atoms with Crippen molar-refractivity contribution in [1.82, 2.24) is 9.88 Å². The molecule has 0 spiro atoms. The zero-order valence-electron chi connectivity index (χ0n) is 17.7. The van der Waals surface area contributed by atoms with Gasteiger partial charge in [-0.05, 0) is 78.0 Å². The summed E-state index contributed by atoms with van der Waals surface area (Å²) in [6.07, 6.45) is 9.82. The van der Waals surface area contributed by atoms with Crippen molar-refractivity contribution in [1.29, 1.82) is 0 Å². The molecule has 4 nitrogen and oxygen atoms in total. The van der Waals surface area contributed by atoms with Crippen LogP contribution in [-0.4, -0.2) is 45.9 Å². The first kappa shape index (κ1) is 21.9. The number of ether oxygens (including phenoxy) is 1. The van der Waals surface area contributed by atoms with Gasteiger partial charge in [0, 0.05) is 25.5 Å². The molecular formula is C23H36N2O2. The number of nitrogens with zero attached hydrogens (tertiary/aromatic N) is 2. The second-order valence-electron chi connectivity index (χ2n) is 8.57. The lowest BCUT2D eigenvalue weighted by molar-refractivity contribution is 0.00830. The van der Waals surface area contributed by atoms with E-state index in [0.29, 0.717) is 12.5 Å². The van der Waals surface area contributed by atoms with Gasteiger partial charge in [-0.3, -0.25) is 9.88 Å². The summed E-state index contributed by atoms with van der Waals surface area (Å²) in [5.41, 5.74) is 0.151. The van der Waals surface area contributed by atoms with Crippen molar-refractivity contribution >= 4 is 0 Å². The van der Waals surface area contributed by atoms with Crippen molar-refractivity contribution < 1.29 is 9.84 Å². The molecule has 150 valence electrons. The standard InChI is InChI=1S/C23H36N2O2/c1-19(12-15-23(4,26)14-9-13-22(2,3)27-5)25-17-7-6-11-21(25)20-10-8-16-24-18-20/h8,10,16,18-19,21,26H,6-7,9,11,13-14,17H2,1-5H3/t19-,21+,23+/m1/s1. The first-order valence-corrected chi connectivity index (χ1v) is 10.2. The van der Waals surface area contributed by atoms with Crippen LogP contribution in [0, 0.1) is 11.8 Å². The molecule has 0 amide bonds. The van der Waals surface area contributed by atoms with Gasteiger partial charge in [0.25, 0.3) is 0 Å². The first-order chi connectivity index (χ1) is 12.7. The van der Waals surface area contributed by atoms with Gasteiger partial charge in [0.1, 0.15) is 5.60 Å².